The highest BCUT2D eigenvalue weighted by atomic mass is 16.6. The number of carbonyl (C=O) groups excluding carboxylic acids is 1. The third-order valence-electron chi connectivity index (χ3n) is 4.79. The van der Waals surface area contributed by atoms with Crippen LogP contribution >= 0.6 is 0 Å². The van der Waals surface area contributed by atoms with Crippen LogP contribution in [0.1, 0.15) is 12.5 Å². The van der Waals surface area contributed by atoms with E-state index in [-0.39, 0.29) is 17.8 Å². The second-order valence-corrected chi connectivity index (χ2v) is 6.82. The van der Waals surface area contributed by atoms with Crippen LogP contribution in [0.25, 0.3) is 0 Å². The number of para-hydroxylation sites is 1. The molecule has 2 unspecified atom stereocenters. The van der Waals surface area contributed by atoms with Crippen LogP contribution in [0.15, 0.2) is 66.7 Å². The molecule has 8 nitrogen and oxygen atoms in total. The van der Waals surface area contributed by atoms with E-state index in [1.807, 2.05) is 67.6 Å². The summed E-state index contributed by atoms with van der Waals surface area (Å²) in [4.78, 5) is 21.3. The van der Waals surface area contributed by atoms with Crippen molar-refractivity contribution in [1.82, 2.24) is 9.97 Å². The van der Waals surface area contributed by atoms with Crippen LogP contribution in [-0.2, 0) is 15.1 Å². The molecular formula is C23H25N3O5. The molecule has 3 aromatic rings. The first-order valence-corrected chi connectivity index (χ1v) is 9.60. The standard InChI is InChI=1S/C23H25N3O5/c1-23(16-11-7-5-8-12-16,26-17-13-9-6-10-14-17)20(21(27)30-4)31-22-24-18(28-2)15-19(25-22)29-3/h5-15,20,26H,1-4H3. The molecule has 31 heavy (non-hydrogen) atoms. The molecule has 0 amide bonds. The lowest BCUT2D eigenvalue weighted by atomic mass is 9.85. The number of methoxy groups -OCH3 is 3. The van der Waals surface area contributed by atoms with Gasteiger partial charge in [-0.3, -0.25) is 0 Å². The Morgan fingerprint density at radius 1 is 0.903 bits per heavy atom. The first-order valence-electron chi connectivity index (χ1n) is 9.60. The minimum atomic E-state index is -1.14. The number of benzene rings is 2. The molecule has 0 spiro atoms. The van der Waals surface area contributed by atoms with Gasteiger partial charge in [0.15, 0.2) is 0 Å². The highest BCUT2D eigenvalue weighted by Gasteiger charge is 2.44. The molecule has 2 aromatic carbocycles. The fraction of sp³-hybridized carbons (Fsp3) is 0.261. The summed E-state index contributed by atoms with van der Waals surface area (Å²) in [6.45, 7) is 1.86. The van der Waals surface area contributed by atoms with Crippen LogP contribution in [0.3, 0.4) is 0 Å². The monoisotopic (exact) mass is 423 g/mol. The Balaban J connectivity index is 2.08. The molecule has 8 heteroatoms. The number of anilines is 1. The zero-order valence-electron chi connectivity index (χ0n) is 17.9. The van der Waals surface area contributed by atoms with Crippen LogP contribution < -0.4 is 19.5 Å². The molecule has 3 rings (SSSR count). The van der Waals surface area contributed by atoms with E-state index in [1.165, 1.54) is 27.4 Å². The van der Waals surface area contributed by atoms with Gasteiger partial charge in [-0.2, -0.15) is 9.97 Å². The lowest BCUT2D eigenvalue weighted by molar-refractivity contribution is -0.152. The summed E-state index contributed by atoms with van der Waals surface area (Å²) in [5.74, 6) is -0.119. The van der Waals surface area contributed by atoms with Crippen LogP contribution in [-0.4, -0.2) is 43.4 Å². The molecule has 0 aliphatic rings. The first-order chi connectivity index (χ1) is 15.0. The van der Waals surface area contributed by atoms with Gasteiger partial charge in [0.05, 0.1) is 27.4 Å². The number of rotatable bonds is 9. The minimum absolute atomic E-state index is 0.0800. The molecule has 0 saturated heterocycles. The second kappa shape index (κ2) is 9.80. The zero-order valence-corrected chi connectivity index (χ0v) is 17.9. The van der Waals surface area contributed by atoms with Crippen molar-refractivity contribution in [3.8, 4) is 17.8 Å². The Kier molecular flexibility index (Phi) is 6.92. The fourth-order valence-electron chi connectivity index (χ4n) is 3.15. The number of aromatic nitrogens is 2. The Labute approximate surface area is 181 Å². The predicted molar refractivity (Wildman–Crippen MR) is 115 cm³/mol. The van der Waals surface area contributed by atoms with Crippen molar-refractivity contribution in [2.45, 2.75) is 18.6 Å². The third kappa shape index (κ3) is 5.03. The highest BCUT2D eigenvalue weighted by Crippen LogP contribution is 2.33. The first kappa shape index (κ1) is 21.9. The van der Waals surface area contributed by atoms with E-state index in [0.29, 0.717) is 0 Å². The largest absolute Gasteiger partial charge is 0.481 e. The van der Waals surface area contributed by atoms with E-state index in [1.54, 1.807) is 0 Å². The van der Waals surface area contributed by atoms with Gasteiger partial charge in [0.1, 0.15) is 5.54 Å². The van der Waals surface area contributed by atoms with Crippen molar-refractivity contribution in [2.75, 3.05) is 26.6 Å². The molecule has 2 atom stereocenters. The second-order valence-electron chi connectivity index (χ2n) is 6.82. The van der Waals surface area contributed by atoms with Gasteiger partial charge in [0.2, 0.25) is 17.9 Å². The number of ether oxygens (including phenoxy) is 4. The van der Waals surface area contributed by atoms with Crippen molar-refractivity contribution in [3.63, 3.8) is 0 Å². The van der Waals surface area contributed by atoms with Gasteiger partial charge < -0.3 is 24.3 Å². The van der Waals surface area contributed by atoms with Crippen LogP contribution in [0.5, 0.6) is 17.8 Å². The Morgan fingerprint density at radius 3 is 1.97 bits per heavy atom. The zero-order chi connectivity index (χ0) is 22.3. The molecular weight excluding hydrogens is 398 g/mol. The summed E-state index contributed by atoms with van der Waals surface area (Å²) < 4.78 is 21.5. The average molecular weight is 423 g/mol. The number of carbonyl (C=O) groups is 1. The predicted octanol–water partition coefficient (Wildman–Crippen LogP) is 3.44. The maximum Gasteiger partial charge on any atom is 0.350 e. The number of esters is 1. The van der Waals surface area contributed by atoms with Gasteiger partial charge >= 0.3 is 12.0 Å². The number of hydrogen-bond acceptors (Lipinski definition) is 8. The molecule has 0 fully saturated rings. The normalized spacial score (nSPS) is 13.4. The Bertz CT molecular complexity index is 978. The molecule has 0 saturated carbocycles. The number of nitrogens with one attached hydrogen (secondary N) is 1. The highest BCUT2D eigenvalue weighted by molar-refractivity contribution is 5.78. The lowest BCUT2D eigenvalue weighted by Crippen LogP contribution is -2.52. The fourth-order valence-corrected chi connectivity index (χ4v) is 3.15. The van der Waals surface area contributed by atoms with Crippen molar-refractivity contribution in [3.05, 3.63) is 72.3 Å². The molecule has 0 aliphatic heterocycles. The van der Waals surface area contributed by atoms with Crippen molar-refractivity contribution in [1.29, 1.82) is 0 Å². The molecule has 1 heterocycles. The van der Waals surface area contributed by atoms with E-state index in [2.05, 4.69) is 15.3 Å². The topological polar surface area (TPSA) is 91.8 Å². The van der Waals surface area contributed by atoms with Crippen molar-refractivity contribution in [2.24, 2.45) is 0 Å². The molecule has 0 aliphatic carbocycles. The maximum atomic E-state index is 12.9. The number of nitrogens with zero attached hydrogens (tertiary/aromatic N) is 2. The lowest BCUT2D eigenvalue weighted by Gasteiger charge is -2.37. The Hall–Kier alpha value is -3.81. The van der Waals surface area contributed by atoms with Crippen LogP contribution in [0.2, 0.25) is 0 Å². The van der Waals surface area contributed by atoms with E-state index in [9.17, 15) is 4.79 Å². The van der Waals surface area contributed by atoms with Gasteiger partial charge in [0.25, 0.3) is 0 Å². The molecule has 1 aromatic heterocycles. The van der Waals surface area contributed by atoms with E-state index >= 15 is 0 Å². The van der Waals surface area contributed by atoms with E-state index in [0.717, 1.165) is 11.3 Å². The van der Waals surface area contributed by atoms with E-state index < -0.39 is 17.6 Å². The van der Waals surface area contributed by atoms with Gasteiger partial charge in [-0.15, -0.1) is 0 Å². The smallest absolute Gasteiger partial charge is 0.350 e. The Morgan fingerprint density at radius 2 is 1.45 bits per heavy atom. The summed E-state index contributed by atoms with van der Waals surface area (Å²) >= 11 is 0. The van der Waals surface area contributed by atoms with E-state index in [4.69, 9.17) is 18.9 Å². The van der Waals surface area contributed by atoms with Gasteiger partial charge in [-0.25, -0.2) is 4.79 Å². The molecule has 0 bridgehead atoms. The van der Waals surface area contributed by atoms with Crippen LogP contribution in [0.4, 0.5) is 5.69 Å². The average Bonchev–Trinajstić information content (AvgIpc) is 2.82. The summed E-state index contributed by atoms with van der Waals surface area (Å²) in [6, 6.07) is 20.4. The molecule has 0 radical (unpaired) electrons. The van der Waals surface area contributed by atoms with Crippen LogP contribution in [0, 0.1) is 0 Å². The summed E-state index contributed by atoms with van der Waals surface area (Å²) in [6.07, 6.45) is -1.14. The SMILES string of the molecule is COC(=O)C(Oc1nc(OC)cc(OC)n1)C(C)(Nc1ccccc1)c1ccccc1. The summed E-state index contributed by atoms with van der Waals surface area (Å²) in [5, 5.41) is 3.42. The van der Waals surface area contributed by atoms with Crippen molar-refractivity contribution >= 4 is 11.7 Å². The van der Waals surface area contributed by atoms with Crippen molar-refractivity contribution < 1.29 is 23.7 Å². The molecule has 1 N–H and O–H groups in total. The van der Waals surface area contributed by atoms with Gasteiger partial charge in [-0.05, 0) is 24.6 Å². The third-order valence-corrected chi connectivity index (χ3v) is 4.79. The number of hydrogen-bond donors (Lipinski definition) is 1. The summed E-state index contributed by atoms with van der Waals surface area (Å²) in [7, 11) is 4.24. The minimum Gasteiger partial charge on any atom is -0.481 e. The maximum absolute atomic E-state index is 12.9. The quantitative estimate of drug-likeness (QED) is 0.524. The van der Waals surface area contributed by atoms with Gasteiger partial charge in [-0.1, -0.05) is 48.5 Å². The summed E-state index contributed by atoms with van der Waals surface area (Å²) in [5.41, 5.74) is 0.578. The van der Waals surface area contributed by atoms with Gasteiger partial charge in [0, 0.05) is 5.69 Å². The molecule has 162 valence electrons.